The lowest BCUT2D eigenvalue weighted by Gasteiger charge is -2.21. The molecule has 0 atom stereocenters. The molecule has 0 aromatic heterocycles. The third kappa shape index (κ3) is 5.73. The molecule has 0 aliphatic carbocycles. The van der Waals surface area contributed by atoms with Crippen LogP contribution in [0.3, 0.4) is 0 Å². The molecule has 16 heavy (non-hydrogen) atoms. The minimum absolute atomic E-state index is 0.385. The summed E-state index contributed by atoms with van der Waals surface area (Å²) in [7, 11) is 0. The van der Waals surface area contributed by atoms with E-state index in [2.05, 4.69) is 12.2 Å². The van der Waals surface area contributed by atoms with Crippen molar-refractivity contribution >= 4 is 11.8 Å². The molecule has 0 spiro atoms. The molecule has 0 heterocycles. The predicted molar refractivity (Wildman–Crippen MR) is 65.1 cm³/mol. The van der Waals surface area contributed by atoms with Crippen LogP contribution in [0.5, 0.6) is 0 Å². The van der Waals surface area contributed by atoms with Gasteiger partial charge in [0.25, 0.3) is 0 Å². The second-order valence-electron chi connectivity index (χ2n) is 3.90. The zero-order valence-corrected chi connectivity index (χ0v) is 10.7. The lowest BCUT2D eigenvalue weighted by molar-refractivity contribution is -0.145. The minimum Gasteiger partial charge on any atom is -0.348 e. The van der Waals surface area contributed by atoms with Gasteiger partial charge in [-0.15, -0.1) is 0 Å². The van der Waals surface area contributed by atoms with Crippen molar-refractivity contribution in [3.05, 3.63) is 0 Å². The van der Waals surface area contributed by atoms with Crippen LogP contribution >= 0.6 is 0 Å². The molecular weight excluding hydrogens is 204 g/mol. The fourth-order valence-electron chi connectivity index (χ4n) is 1.39. The van der Waals surface area contributed by atoms with Gasteiger partial charge in [0.1, 0.15) is 0 Å². The van der Waals surface area contributed by atoms with E-state index in [0.29, 0.717) is 19.6 Å². The van der Waals surface area contributed by atoms with Gasteiger partial charge in [-0.1, -0.05) is 27.2 Å². The number of unbranched alkanes of at least 4 members (excludes halogenated alkanes) is 1. The van der Waals surface area contributed by atoms with E-state index in [-0.39, 0.29) is 5.91 Å². The summed E-state index contributed by atoms with van der Waals surface area (Å²) in [6.45, 7) is 7.97. The molecule has 0 aromatic carbocycles. The summed E-state index contributed by atoms with van der Waals surface area (Å²) in [5.41, 5.74) is 0. The zero-order valence-electron chi connectivity index (χ0n) is 10.7. The first kappa shape index (κ1) is 14.9. The highest BCUT2D eigenvalue weighted by Crippen LogP contribution is 1.98. The van der Waals surface area contributed by atoms with E-state index in [1.54, 1.807) is 4.90 Å². The zero-order chi connectivity index (χ0) is 12.4. The number of carbonyl (C=O) groups is 2. The van der Waals surface area contributed by atoms with Gasteiger partial charge < -0.3 is 10.2 Å². The molecule has 4 nitrogen and oxygen atoms in total. The third-order valence-corrected chi connectivity index (χ3v) is 2.29. The maximum Gasteiger partial charge on any atom is 0.311 e. The topological polar surface area (TPSA) is 49.4 Å². The van der Waals surface area contributed by atoms with Crippen LogP contribution in [-0.4, -0.2) is 36.3 Å². The van der Waals surface area contributed by atoms with Gasteiger partial charge in [-0.3, -0.25) is 9.59 Å². The number of nitrogens with one attached hydrogen (secondary N) is 1. The van der Waals surface area contributed by atoms with Gasteiger partial charge in [0.2, 0.25) is 0 Å². The van der Waals surface area contributed by atoms with Crippen molar-refractivity contribution in [3.63, 3.8) is 0 Å². The molecule has 1 N–H and O–H groups in total. The van der Waals surface area contributed by atoms with Crippen molar-refractivity contribution in [2.75, 3.05) is 19.6 Å². The molecular formula is C12H24N2O2. The normalized spacial score (nSPS) is 9.94. The summed E-state index contributed by atoms with van der Waals surface area (Å²) in [5, 5.41) is 2.62. The summed E-state index contributed by atoms with van der Waals surface area (Å²) >= 11 is 0. The molecule has 94 valence electrons. The van der Waals surface area contributed by atoms with Crippen molar-refractivity contribution < 1.29 is 9.59 Å². The monoisotopic (exact) mass is 228 g/mol. The molecule has 0 saturated heterocycles. The first-order valence-electron chi connectivity index (χ1n) is 6.24. The predicted octanol–water partition coefficient (Wildman–Crippen LogP) is 1.55. The second kappa shape index (κ2) is 9.19. The maximum atomic E-state index is 11.8. The smallest absolute Gasteiger partial charge is 0.311 e. The van der Waals surface area contributed by atoms with Gasteiger partial charge in [-0.05, 0) is 19.3 Å². The Morgan fingerprint density at radius 2 is 1.69 bits per heavy atom. The van der Waals surface area contributed by atoms with Crippen molar-refractivity contribution in [2.45, 2.75) is 46.5 Å². The fourth-order valence-corrected chi connectivity index (χ4v) is 1.39. The molecule has 0 radical (unpaired) electrons. The molecule has 0 unspecified atom stereocenters. The number of hydrogen-bond acceptors (Lipinski definition) is 2. The lowest BCUT2D eigenvalue weighted by Crippen LogP contribution is -2.44. The Kier molecular flexibility index (Phi) is 8.58. The SMILES string of the molecule is CCCCN(CCC)C(=O)C(=O)NCCC. The Morgan fingerprint density at radius 1 is 1.00 bits per heavy atom. The molecule has 0 aliphatic rings. The van der Waals surface area contributed by atoms with E-state index in [0.717, 1.165) is 25.7 Å². The van der Waals surface area contributed by atoms with Crippen LogP contribution in [0.2, 0.25) is 0 Å². The van der Waals surface area contributed by atoms with Gasteiger partial charge in [0, 0.05) is 19.6 Å². The lowest BCUT2D eigenvalue weighted by atomic mass is 10.3. The van der Waals surface area contributed by atoms with E-state index in [1.807, 2.05) is 13.8 Å². The molecule has 0 aromatic rings. The standard InChI is InChI=1S/C12H24N2O2/c1-4-7-10-14(9-6-3)12(16)11(15)13-8-5-2/h4-10H2,1-3H3,(H,13,15). The van der Waals surface area contributed by atoms with E-state index in [4.69, 9.17) is 0 Å². The molecule has 0 rings (SSSR count). The molecule has 0 aliphatic heterocycles. The summed E-state index contributed by atoms with van der Waals surface area (Å²) < 4.78 is 0. The van der Waals surface area contributed by atoms with Crippen LogP contribution in [0.25, 0.3) is 0 Å². The van der Waals surface area contributed by atoms with Crippen molar-refractivity contribution in [1.29, 1.82) is 0 Å². The maximum absolute atomic E-state index is 11.8. The van der Waals surface area contributed by atoms with Crippen LogP contribution in [0, 0.1) is 0 Å². The summed E-state index contributed by atoms with van der Waals surface area (Å²) in [6, 6.07) is 0. The average molecular weight is 228 g/mol. The Hall–Kier alpha value is -1.06. The number of hydrogen-bond donors (Lipinski definition) is 1. The highest BCUT2D eigenvalue weighted by molar-refractivity contribution is 6.34. The van der Waals surface area contributed by atoms with E-state index in [9.17, 15) is 9.59 Å². The van der Waals surface area contributed by atoms with Crippen molar-refractivity contribution in [2.24, 2.45) is 0 Å². The van der Waals surface area contributed by atoms with Gasteiger partial charge >= 0.3 is 11.8 Å². The molecule has 4 heteroatoms. The van der Waals surface area contributed by atoms with E-state index >= 15 is 0 Å². The van der Waals surface area contributed by atoms with Crippen LogP contribution in [0.15, 0.2) is 0 Å². The molecule has 0 saturated carbocycles. The number of carbonyl (C=O) groups excluding carboxylic acids is 2. The van der Waals surface area contributed by atoms with Crippen LogP contribution in [-0.2, 0) is 9.59 Å². The summed E-state index contributed by atoms with van der Waals surface area (Å²) in [5.74, 6) is -0.852. The highest BCUT2D eigenvalue weighted by atomic mass is 16.2. The Labute approximate surface area is 98.4 Å². The Bertz CT molecular complexity index is 217. The first-order valence-corrected chi connectivity index (χ1v) is 6.24. The van der Waals surface area contributed by atoms with E-state index in [1.165, 1.54) is 0 Å². The first-order chi connectivity index (χ1) is 7.67. The Morgan fingerprint density at radius 3 is 2.19 bits per heavy atom. The quantitative estimate of drug-likeness (QED) is 0.672. The number of amides is 2. The van der Waals surface area contributed by atoms with Crippen LogP contribution in [0.4, 0.5) is 0 Å². The fraction of sp³-hybridized carbons (Fsp3) is 0.833. The third-order valence-electron chi connectivity index (χ3n) is 2.29. The summed E-state index contributed by atoms with van der Waals surface area (Å²) in [4.78, 5) is 24.9. The van der Waals surface area contributed by atoms with Crippen molar-refractivity contribution in [3.8, 4) is 0 Å². The average Bonchev–Trinajstić information content (AvgIpc) is 2.30. The largest absolute Gasteiger partial charge is 0.348 e. The number of nitrogens with zero attached hydrogens (tertiary/aromatic N) is 1. The minimum atomic E-state index is -0.466. The highest BCUT2D eigenvalue weighted by Gasteiger charge is 2.19. The van der Waals surface area contributed by atoms with E-state index < -0.39 is 5.91 Å². The van der Waals surface area contributed by atoms with Crippen molar-refractivity contribution in [1.82, 2.24) is 10.2 Å². The summed E-state index contributed by atoms with van der Waals surface area (Å²) in [6.07, 6.45) is 3.72. The number of rotatable bonds is 7. The Balaban J connectivity index is 4.18. The second-order valence-corrected chi connectivity index (χ2v) is 3.90. The van der Waals surface area contributed by atoms with Gasteiger partial charge in [-0.25, -0.2) is 0 Å². The molecule has 0 bridgehead atoms. The van der Waals surface area contributed by atoms with Gasteiger partial charge in [0.15, 0.2) is 0 Å². The van der Waals surface area contributed by atoms with Gasteiger partial charge in [-0.2, -0.15) is 0 Å². The molecule has 2 amide bonds. The van der Waals surface area contributed by atoms with Crippen LogP contribution in [0.1, 0.15) is 46.5 Å². The van der Waals surface area contributed by atoms with Crippen LogP contribution < -0.4 is 5.32 Å². The molecule has 0 fully saturated rings. The van der Waals surface area contributed by atoms with Gasteiger partial charge in [0.05, 0.1) is 0 Å².